The minimum Gasteiger partial charge on any atom is -0.473 e. The van der Waals surface area contributed by atoms with Crippen molar-refractivity contribution in [2.75, 3.05) is 33.5 Å². The molecular weight excluding hydrogens is 266 g/mol. The van der Waals surface area contributed by atoms with Gasteiger partial charge in [0.05, 0.1) is 26.9 Å². The predicted octanol–water partition coefficient (Wildman–Crippen LogP) is 0.975. The summed E-state index contributed by atoms with van der Waals surface area (Å²) < 4.78 is 20.2. The van der Waals surface area contributed by atoms with Crippen LogP contribution in [0.2, 0.25) is 0 Å². The van der Waals surface area contributed by atoms with Crippen LogP contribution in [0.1, 0.15) is 25.5 Å². The number of aromatic nitrogens is 1. The Morgan fingerprint density at radius 2 is 2.15 bits per heavy atom. The van der Waals surface area contributed by atoms with Crippen LogP contribution in [0.5, 0.6) is 5.88 Å². The van der Waals surface area contributed by atoms with Gasteiger partial charge in [-0.05, 0) is 11.1 Å². The molecule has 114 valence electrons. The maximum Gasteiger partial charge on any atom is 0.316 e. The van der Waals surface area contributed by atoms with E-state index in [1.54, 1.807) is 6.07 Å². The van der Waals surface area contributed by atoms with Gasteiger partial charge in [0.25, 0.3) is 5.88 Å². The van der Waals surface area contributed by atoms with Crippen LogP contribution >= 0.6 is 0 Å². The van der Waals surface area contributed by atoms with Crippen molar-refractivity contribution in [3.05, 3.63) is 11.8 Å². The van der Waals surface area contributed by atoms with E-state index in [-0.39, 0.29) is 31.7 Å². The third-order valence-electron chi connectivity index (χ3n) is 2.65. The molecule has 0 amide bonds. The predicted molar refractivity (Wildman–Crippen MR) is 69.5 cm³/mol. The highest BCUT2D eigenvalue weighted by Crippen LogP contribution is 2.28. The van der Waals surface area contributed by atoms with Crippen LogP contribution in [0, 0.1) is 5.92 Å². The lowest BCUT2D eigenvalue weighted by molar-refractivity contribution is -0.144. The highest BCUT2D eigenvalue weighted by molar-refractivity contribution is 5.77. The van der Waals surface area contributed by atoms with Crippen LogP contribution in [0.25, 0.3) is 0 Å². The summed E-state index contributed by atoms with van der Waals surface area (Å²) >= 11 is 0. The van der Waals surface area contributed by atoms with Gasteiger partial charge in [-0.2, -0.15) is 0 Å². The van der Waals surface area contributed by atoms with E-state index in [0.717, 1.165) is 0 Å². The van der Waals surface area contributed by atoms with Gasteiger partial charge < -0.3 is 23.8 Å². The van der Waals surface area contributed by atoms with Gasteiger partial charge in [-0.25, -0.2) is 0 Å². The molecule has 7 nitrogen and oxygen atoms in total. The molecule has 0 spiro atoms. The van der Waals surface area contributed by atoms with Crippen LogP contribution in [-0.4, -0.2) is 49.8 Å². The lowest BCUT2D eigenvalue weighted by Gasteiger charge is -2.14. The molecule has 0 bridgehead atoms. The molecule has 1 aromatic rings. The third kappa shape index (κ3) is 4.82. The number of nitrogens with zero attached hydrogens (tertiary/aromatic N) is 1. The summed E-state index contributed by atoms with van der Waals surface area (Å²) in [4.78, 5) is 11.7. The lowest BCUT2D eigenvalue weighted by Crippen LogP contribution is -2.19. The fourth-order valence-electron chi connectivity index (χ4n) is 1.70. The first-order chi connectivity index (χ1) is 9.60. The van der Waals surface area contributed by atoms with Crippen molar-refractivity contribution in [1.29, 1.82) is 0 Å². The molecule has 1 heterocycles. The Morgan fingerprint density at radius 1 is 1.40 bits per heavy atom. The van der Waals surface area contributed by atoms with Crippen LogP contribution in [0.4, 0.5) is 0 Å². The van der Waals surface area contributed by atoms with E-state index >= 15 is 0 Å². The van der Waals surface area contributed by atoms with Crippen molar-refractivity contribution in [1.82, 2.24) is 5.16 Å². The Bertz CT molecular complexity index is 403. The summed E-state index contributed by atoms with van der Waals surface area (Å²) in [5.74, 6) is -0.138. The minimum absolute atomic E-state index is 0.0242. The molecule has 1 aromatic heterocycles. The number of hydrogen-bond donors (Lipinski definition) is 1. The fourth-order valence-corrected chi connectivity index (χ4v) is 1.70. The van der Waals surface area contributed by atoms with Crippen LogP contribution < -0.4 is 4.74 Å². The molecule has 0 aromatic carbocycles. The molecule has 0 fully saturated rings. The summed E-state index contributed by atoms with van der Waals surface area (Å²) in [6.07, 6.45) is 0. The fraction of sp³-hybridized carbons (Fsp3) is 0.692. The standard InChI is InChI=1S/C13H21NO6/c1-9(2)12(13(16)17-3)10-8-11(14-20-10)19-7-6-18-5-4-15/h8-9,12,15H,4-7H2,1-3H3. The number of esters is 1. The Hall–Kier alpha value is -1.60. The average molecular weight is 287 g/mol. The molecule has 0 aliphatic heterocycles. The van der Waals surface area contributed by atoms with Crippen molar-refractivity contribution in [2.24, 2.45) is 5.92 Å². The maximum absolute atomic E-state index is 11.7. The van der Waals surface area contributed by atoms with Gasteiger partial charge in [-0.15, -0.1) is 0 Å². The van der Waals surface area contributed by atoms with E-state index in [4.69, 9.17) is 23.8 Å². The second kappa shape index (κ2) is 8.55. The number of aliphatic hydroxyl groups excluding tert-OH is 1. The highest BCUT2D eigenvalue weighted by Gasteiger charge is 2.29. The highest BCUT2D eigenvalue weighted by atomic mass is 16.6. The Kier molecular flexibility index (Phi) is 7.03. The Labute approximate surface area is 117 Å². The zero-order valence-corrected chi connectivity index (χ0v) is 12.0. The van der Waals surface area contributed by atoms with E-state index in [9.17, 15) is 4.79 Å². The monoisotopic (exact) mass is 287 g/mol. The van der Waals surface area contributed by atoms with Crippen molar-refractivity contribution < 1.29 is 28.6 Å². The normalized spacial score (nSPS) is 12.4. The summed E-state index contributed by atoms with van der Waals surface area (Å²) in [7, 11) is 1.34. The first-order valence-corrected chi connectivity index (χ1v) is 6.46. The van der Waals surface area contributed by atoms with Crippen LogP contribution in [0.3, 0.4) is 0 Å². The molecule has 0 radical (unpaired) electrons. The van der Waals surface area contributed by atoms with Gasteiger partial charge in [0, 0.05) is 6.07 Å². The molecule has 0 saturated carbocycles. The molecule has 0 saturated heterocycles. The molecule has 0 aliphatic rings. The average Bonchev–Trinajstić information content (AvgIpc) is 2.86. The van der Waals surface area contributed by atoms with Crippen molar-refractivity contribution >= 4 is 5.97 Å². The number of methoxy groups -OCH3 is 1. The van der Waals surface area contributed by atoms with Gasteiger partial charge in [-0.3, -0.25) is 4.79 Å². The van der Waals surface area contributed by atoms with Crippen molar-refractivity contribution in [3.8, 4) is 5.88 Å². The van der Waals surface area contributed by atoms with Crippen LogP contribution in [-0.2, 0) is 14.3 Å². The topological polar surface area (TPSA) is 91.0 Å². The minimum atomic E-state index is -0.504. The zero-order valence-electron chi connectivity index (χ0n) is 12.0. The third-order valence-corrected chi connectivity index (χ3v) is 2.65. The molecule has 1 rings (SSSR count). The Balaban J connectivity index is 2.54. The summed E-state index contributed by atoms with van der Waals surface area (Å²) in [6.45, 7) is 4.67. The molecule has 1 atom stereocenters. The quantitative estimate of drug-likeness (QED) is 0.534. The smallest absolute Gasteiger partial charge is 0.316 e. The van der Waals surface area contributed by atoms with Gasteiger partial charge in [0.2, 0.25) is 0 Å². The van der Waals surface area contributed by atoms with E-state index in [1.807, 2.05) is 13.8 Å². The SMILES string of the molecule is COC(=O)C(c1cc(OCCOCCO)no1)C(C)C. The number of aliphatic hydroxyl groups is 1. The van der Waals surface area contributed by atoms with E-state index < -0.39 is 5.92 Å². The van der Waals surface area contributed by atoms with Gasteiger partial charge >= 0.3 is 5.97 Å². The molecule has 0 aliphatic carbocycles. The number of ether oxygens (including phenoxy) is 3. The lowest BCUT2D eigenvalue weighted by atomic mass is 9.93. The van der Waals surface area contributed by atoms with Crippen LogP contribution in [0.15, 0.2) is 10.6 Å². The number of hydrogen-bond acceptors (Lipinski definition) is 7. The first-order valence-electron chi connectivity index (χ1n) is 6.46. The van der Waals surface area contributed by atoms with E-state index in [2.05, 4.69) is 5.16 Å². The number of carbonyl (C=O) groups is 1. The number of carbonyl (C=O) groups excluding carboxylic acids is 1. The molecule has 20 heavy (non-hydrogen) atoms. The Morgan fingerprint density at radius 3 is 2.75 bits per heavy atom. The summed E-state index contributed by atoms with van der Waals surface area (Å²) in [5.41, 5.74) is 0. The largest absolute Gasteiger partial charge is 0.473 e. The number of rotatable bonds is 9. The molecular formula is C13H21NO6. The second-order valence-electron chi connectivity index (χ2n) is 4.50. The van der Waals surface area contributed by atoms with E-state index in [1.165, 1.54) is 7.11 Å². The molecule has 1 unspecified atom stereocenters. The second-order valence-corrected chi connectivity index (χ2v) is 4.50. The van der Waals surface area contributed by atoms with E-state index in [0.29, 0.717) is 18.2 Å². The first kappa shape index (κ1) is 16.5. The summed E-state index contributed by atoms with van der Waals surface area (Å²) in [6, 6.07) is 1.58. The molecule has 1 N–H and O–H groups in total. The van der Waals surface area contributed by atoms with Crippen molar-refractivity contribution in [3.63, 3.8) is 0 Å². The maximum atomic E-state index is 11.7. The van der Waals surface area contributed by atoms with Gasteiger partial charge in [0.1, 0.15) is 12.5 Å². The van der Waals surface area contributed by atoms with Gasteiger partial charge in [-0.1, -0.05) is 13.8 Å². The zero-order chi connectivity index (χ0) is 15.0. The summed E-state index contributed by atoms with van der Waals surface area (Å²) in [5, 5.41) is 12.3. The molecule has 7 heteroatoms. The van der Waals surface area contributed by atoms with Gasteiger partial charge in [0.15, 0.2) is 5.76 Å². The van der Waals surface area contributed by atoms with Crippen molar-refractivity contribution in [2.45, 2.75) is 19.8 Å².